The molecule has 3 aromatic heterocycles. The Labute approximate surface area is 255 Å². The number of rotatable bonds is 5. The van der Waals surface area contributed by atoms with Crippen LogP contribution < -0.4 is 26.6 Å². The van der Waals surface area contributed by atoms with Gasteiger partial charge in [-0.2, -0.15) is 0 Å². The number of aromatic nitrogens is 3. The Balaban J connectivity index is 1.73. The number of methoxy groups -OCH3 is 1. The Kier molecular flexibility index (Phi) is 7.30. The number of carbonyl (C=O) groups is 3. The van der Waals surface area contributed by atoms with Gasteiger partial charge in [0, 0.05) is 51.4 Å². The van der Waals surface area contributed by atoms with Crippen LogP contribution in [0.15, 0.2) is 5.70 Å². The maximum atomic E-state index is 14.0. The summed E-state index contributed by atoms with van der Waals surface area (Å²) in [5.41, 5.74) is 9.19. The highest BCUT2D eigenvalue weighted by Crippen LogP contribution is 2.42. The number of nitrogens with one attached hydrogen (secondary N) is 4. The number of H-pyrrole nitrogens is 3. The van der Waals surface area contributed by atoms with Crippen molar-refractivity contribution in [2.24, 2.45) is 17.8 Å². The number of carbonyl (C=O) groups excluding carboxylic acids is 2. The van der Waals surface area contributed by atoms with Crippen LogP contribution in [-0.4, -0.2) is 50.9 Å². The van der Waals surface area contributed by atoms with E-state index in [0.717, 1.165) is 56.2 Å². The third-order valence-corrected chi connectivity index (χ3v) is 10.1. The van der Waals surface area contributed by atoms with Gasteiger partial charge in [-0.25, -0.2) is 0 Å². The van der Waals surface area contributed by atoms with Crippen LogP contribution >= 0.6 is 0 Å². The maximum absolute atomic E-state index is 14.0. The number of esters is 1. The molecule has 8 bridgehead atoms. The highest BCUT2D eigenvalue weighted by molar-refractivity contribution is 6.19. The minimum Gasteiger partial charge on any atom is -0.481 e. The van der Waals surface area contributed by atoms with Crippen molar-refractivity contribution >= 4 is 47.6 Å². The van der Waals surface area contributed by atoms with E-state index in [0.29, 0.717) is 22.9 Å². The zero-order valence-corrected chi connectivity index (χ0v) is 26.3. The van der Waals surface area contributed by atoms with Crippen molar-refractivity contribution < 1.29 is 24.2 Å². The minimum atomic E-state index is -1.11. The number of hydrogen-bond acceptors (Lipinski definition) is 5. The Morgan fingerprint density at radius 2 is 1.68 bits per heavy atom. The van der Waals surface area contributed by atoms with Crippen LogP contribution in [0.5, 0.6) is 0 Å². The van der Waals surface area contributed by atoms with Crippen LogP contribution in [-0.2, 0) is 20.7 Å². The van der Waals surface area contributed by atoms with Crippen molar-refractivity contribution in [1.29, 1.82) is 0 Å². The number of fused-ring (bicyclic) bond motifs is 8. The van der Waals surface area contributed by atoms with E-state index in [9.17, 15) is 19.5 Å². The number of aliphatic carboxylic acids is 1. The van der Waals surface area contributed by atoms with Gasteiger partial charge in [0.1, 0.15) is 5.92 Å². The number of ketones is 1. The zero-order chi connectivity index (χ0) is 31.6. The lowest BCUT2D eigenvalue weighted by molar-refractivity contribution is -0.142. The predicted octanol–water partition coefficient (Wildman–Crippen LogP) is 2.20. The van der Waals surface area contributed by atoms with Crippen LogP contribution in [0.4, 0.5) is 0 Å². The molecule has 1 unspecified atom stereocenters. The molecule has 9 heteroatoms. The molecule has 5 heterocycles. The molecule has 1 aliphatic carbocycles. The number of carboxylic acid groups (broad SMARTS) is 1. The van der Waals surface area contributed by atoms with Gasteiger partial charge in [-0.15, -0.1) is 0 Å². The summed E-state index contributed by atoms with van der Waals surface area (Å²) in [6.45, 7) is 12.4. The van der Waals surface area contributed by atoms with Gasteiger partial charge < -0.3 is 30.1 Å². The summed E-state index contributed by atoms with van der Waals surface area (Å²) in [5.74, 6) is -3.13. The molecular weight excluding hydrogens is 556 g/mol. The molecule has 0 saturated carbocycles. The molecule has 0 spiro atoms. The first-order valence-corrected chi connectivity index (χ1v) is 15.3. The number of ether oxygens (including phenoxy) is 1. The molecule has 5 N–H and O–H groups in total. The summed E-state index contributed by atoms with van der Waals surface area (Å²) in [4.78, 5) is 49.8. The highest BCUT2D eigenvalue weighted by Gasteiger charge is 2.49. The summed E-state index contributed by atoms with van der Waals surface area (Å²) < 4.78 is 5.17. The van der Waals surface area contributed by atoms with E-state index in [-0.39, 0.29) is 24.0 Å². The topological polar surface area (TPSA) is 140 Å². The fourth-order valence-corrected chi connectivity index (χ4v) is 7.65. The van der Waals surface area contributed by atoms with Gasteiger partial charge in [-0.1, -0.05) is 19.9 Å². The van der Waals surface area contributed by atoms with E-state index in [2.05, 4.69) is 72.3 Å². The number of Topliss-reactive ketones (excluding diaryl/α,β-unsaturated/α-hetero) is 1. The Morgan fingerprint density at radius 3 is 2.34 bits per heavy atom. The quantitative estimate of drug-likeness (QED) is 0.226. The molecule has 3 aromatic rings. The van der Waals surface area contributed by atoms with E-state index >= 15 is 0 Å². The first-order chi connectivity index (χ1) is 21.0. The lowest BCUT2D eigenvalue weighted by Crippen LogP contribution is -2.38. The zero-order valence-electron chi connectivity index (χ0n) is 26.3. The molecule has 3 aliphatic rings. The second-order valence-corrected chi connectivity index (χ2v) is 12.3. The second-order valence-electron chi connectivity index (χ2n) is 12.3. The summed E-state index contributed by atoms with van der Waals surface area (Å²) in [7, 11) is 1.30. The number of aromatic amines is 3. The Hall–Kier alpha value is -4.53. The van der Waals surface area contributed by atoms with Crippen molar-refractivity contribution in [3.63, 3.8) is 0 Å². The van der Waals surface area contributed by atoms with E-state index < -0.39 is 23.9 Å². The molecule has 230 valence electrons. The largest absolute Gasteiger partial charge is 0.481 e. The first-order valence-electron chi connectivity index (χ1n) is 15.3. The SMILES string of the molecule is C/C=c1\c(C)c2[nH]\c1=C/c1[nH]c(c(CC)c1C)/C=c1\[nH]c3c(c1C)C(=O)[C@H](C(=O)OC)C=3C1N/C(=C\2)[C@@H](C)[C@@H]1CCC(=O)O. The lowest BCUT2D eigenvalue weighted by atomic mass is 9.80. The van der Waals surface area contributed by atoms with Crippen LogP contribution in [0.1, 0.15) is 83.3 Å². The molecule has 0 amide bonds. The standard InChI is InChI=1S/C35H40N4O5/c1-8-19-15(3)22-12-24-17(5)21(10-11-28(40)41)32(38-24)30-31(35(43)44-7)34(42)29-18(6)25(39-33(29)30)14-27-20(9-2)16(4)23(37-27)13-26(19)36-22/h8,12-14,17,21,31-32,36-39H,9-11H2,1-7H3,(H,40,41)/b19-8+,24-12-,25-14-,26-13-/t17-,21-,31+,32?/m0/s1. The lowest BCUT2D eigenvalue weighted by Gasteiger charge is -2.25. The van der Waals surface area contributed by atoms with Crippen LogP contribution in [0.3, 0.4) is 0 Å². The van der Waals surface area contributed by atoms with E-state index in [1.807, 2.05) is 13.8 Å². The third kappa shape index (κ3) is 4.40. The van der Waals surface area contributed by atoms with Gasteiger partial charge in [0.25, 0.3) is 0 Å². The van der Waals surface area contributed by atoms with E-state index in [1.165, 1.54) is 18.2 Å². The van der Waals surface area contributed by atoms with Crippen molar-refractivity contribution in [3.8, 4) is 0 Å². The normalized spacial score (nSPS) is 25.2. The average Bonchev–Trinajstić information content (AvgIpc) is 3.72. The second kappa shape index (κ2) is 10.9. The molecular formula is C35H40N4O5. The van der Waals surface area contributed by atoms with E-state index in [4.69, 9.17) is 4.74 Å². The Morgan fingerprint density at radius 1 is 0.977 bits per heavy atom. The summed E-state index contributed by atoms with van der Waals surface area (Å²) in [5, 5.41) is 16.8. The van der Waals surface area contributed by atoms with Gasteiger partial charge in [-0.3, -0.25) is 14.4 Å². The first kappa shape index (κ1) is 29.5. The molecule has 0 aromatic carbocycles. The summed E-state index contributed by atoms with van der Waals surface area (Å²) in [6.07, 6.45) is 9.59. The van der Waals surface area contributed by atoms with Gasteiger partial charge in [0.2, 0.25) is 0 Å². The third-order valence-electron chi connectivity index (χ3n) is 10.1. The number of allylic oxidation sites excluding steroid dienone is 1. The smallest absolute Gasteiger partial charge is 0.320 e. The van der Waals surface area contributed by atoms with Crippen LogP contribution in [0.2, 0.25) is 0 Å². The summed E-state index contributed by atoms with van der Waals surface area (Å²) in [6, 6.07) is -0.451. The van der Waals surface area contributed by atoms with Crippen molar-refractivity contribution in [1.82, 2.24) is 20.3 Å². The molecule has 1 saturated heterocycles. The van der Waals surface area contributed by atoms with Gasteiger partial charge in [0.05, 0.1) is 18.5 Å². The Bertz CT molecular complexity index is 2020. The van der Waals surface area contributed by atoms with Crippen molar-refractivity contribution in [2.45, 2.75) is 66.8 Å². The van der Waals surface area contributed by atoms with E-state index in [1.54, 1.807) is 0 Å². The van der Waals surface area contributed by atoms with Gasteiger partial charge in [0.15, 0.2) is 5.78 Å². The molecule has 2 aliphatic heterocycles. The molecule has 44 heavy (non-hydrogen) atoms. The fourth-order valence-electron chi connectivity index (χ4n) is 7.65. The minimum absolute atomic E-state index is 0.0239. The molecule has 0 radical (unpaired) electrons. The predicted molar refractivity (Wildman–Crippen MR) is 169 cm³/mol. The van der Waals surface area contributed by atoms with Crippen molar-refractivity contribution in [2.75, 3.05) is 7.11 Å². The number of carboxylic acids is 1. The van der Waals surface area contributed by atoms with Gasteiger partial charge >= 0.3 is 11.9 Å². The number of hydrogen-bond donors (Lipinski definition) is 5. The monoisotopic (exact) mass is 596 g/mol. The maximum Gasteiger partial charge on any atom is 0.320 e. The summed E-state index contributed by atoms with van der Waals surface area (Å²) >= 11 is 0. The fraction of sp³-hybridized carbons (Fsp3) is 0.400. The van der Waals surface area contributed by atoms with Gasteiger partial charge in [-0.05, 0) is 97.7 Å². The molecule has 1 fully saturated rings. The highest BCUT2D eigenvalue weighted by atomic mass is 16.5. The molecule has 9 nitrogen and oxygen atoms in total. The van der Waals surface area contributed by atoms with Crippen LogP contribution in [0, 0.1) is 38.5 Å². The molecule has 6 rings (SSSR count). The van der Waals surface area contributed by atoms with Crippen molar-refractivity contribution in [3.05, 3.63) is 71.9 Å². The average molecular weight is 597 g/mol. The van der Waals surface area contributed by atoms with Crippen LogP contribution in [0.25, 0.3) is 29.9 Å². The molecule has 4 atom stereocenters.